The molecule has 7 heteroatoms. The number of alkyl halides is 1. The zero-order valence-electron chi connectivity index (χ0n) is 12.7. The average Bonchev–Trinajstić information content (AvgIpc) is 2.65. The van der Waals surface area contributed by atoms with E-state index < -0.39 is 24.1 Å². The van der Waals surface area contributed by atoms with Crippen LogP contribution in [0.2, 0.25) is 0 Å². The van der Waals surface area contributed by atoms with Gasteiger partial charge in [-0.25, -0.2) is 4.39 Å². The molecule has 1 N–H and O–H groups in total. The van der Waals surface area contributed by atoms with E-state index in [2.05, 4.69) is 11.9 Å². The highest BCUT2D eigenvalue weighted by atomic mass is 19.1. The molecule has 1 fully saturated rings. The number of methoxy groups -OCH3 is 2. The van der Waals surface area contributed by atoms with Crippen molar-refractivity contribution in [3.8, 4) is 0 Å². The average molecular weight is 300 g/mol. The zero-order valence-corrected chi connectivity index (χ0v) is 12.7. The number of hydrogen-bond acceptors (Lipinski definition) is 5. The summed E-state index contributed by atoms with van der Waals surface area (Å²) < 4.78 is 31.2. The highest BCUT2D eigenvalue weighted by Gasteiger charge is 2.57. The van der Waals surface area contributed by atoms with Crippen LogP contribution in [0.3, 0.4) is 0 Å². The van der Waals surface area contributed by atoms with Gasteiger partial charge in [0.05, 0.1) is 6.61 Å². The molecule has 4 atom stereocenters. The SMILES string of the molecule is C=C1NC(=O)C(C)=CN1[C@@H]1O[C@H](COC)C(OC)[C@@]1(C)F. The molecule has 21 heavy (non-hydrogen) atoms. The second-order valence-corrected chi connectivity index (χ2v) is 5.41. The largest absolute Gasteiger partial charge is 0.382 e. The van der Waals surface area contributed by atoms with Gasteiger partial charge in [-0.15, -0.1) is 0 Å². The second kappa shape index (κ2) is 5.75. The van der Waals surface area contributed by atoms with Crippen molar-refractivity contribution >= 4 is 5.91 Å². The summed E-state index contributed by atoms with van der Waals surface area (Å²) in [6.45, 7) is 7.01. The molecule has 0 aromatic carbocycles. The Labute approximate surface area is 123 Å². The van der Waals surface area contributed by atoms with Crippen molar-refractivity contribution in [2.24, 2.45) is 0 Å². The van der Waals surface area contributed by atoms with Gasteiger partial charge in [-0.05, 0) is 13.8 Å². The number of halogens is 1. The standard InChI is InChI=1S/C14H21FN2O4/c1-8-6-17(9(2)16-12(8)18)13-14(3,15)11(20-5)10(21-13)7-19-4/h6,10-11,13H,2,7H2,1,3-5H3,(H,16,18)/t10-,11?,13-,14-/m1/s1. The van der Waals surface area contributed by atoms with Gasteiger partial charge in [0.2, 0.25) is 0 Å². The third-order valence-electron chi connectivity index (χ3n) is 3.78. The summed E-state index contributed by atoms with van der Waals surface area (Å²) in [6, 6.07) is 0. The Bertz CT molecular complexity index is 478. The zero-order chi connectivity index (χ0) is 15.8. The van der Waals surface area contributed by atoms with Crippen molar-refractivity contribution in [1.82, 2.24) is 10.2 Å². The molecular weight excluding hydrogens is 279 g/mol. The number of nitrogens with zero attached hydrogens (tertiary/aromatic N) is 1. The Morgan fingerprint density at radius 3 is 2.81 bits per heavy atom. The van der Waals surface area contributed by atoms with Gasteiger partial charge in [-0.1, -0.05) is 6.58 Å². The van der Waals surface area contributed by atoms with Gasteiger partial charge in [0.1, 0.15) is 18.0 Å². The van der Waals surface area contributed by atoms with E-state index >= 15 is 4.39 Å². The van der Waals surface area contributed by atoms with Crippen LogP contribution in [0.5, 0.6) is 0 Å². The van der Waals surface area contributed by atoms with Crippen molar-refractivity contribution in [3.63, 3.8) is 0 Å². The molecular formula is C14H21FN2O4. The minimum Gasteiger partial charge on any atom is -0.382 e. The lowest BCUT2D eigenvalue weighted by atomic mass is 9.97. The summed E-state index contributed by atoms with van der Waals surface area (Å²) in [7, 11) is 2.95. The number of amides is 1. The van der Waals surface area contributed by atoms with Crippen molar-refractivity contribution < 1.29 is 23.4 Å². The maximum absolute atomic E-state index is 15.2. The van der Waals surface area contributed by atoms with E-state index in [1.165, 1.54) is 32.2 Å². The van der Waals surface area contributed by atoms with Crippen molar-refractivity contribution in [2.45, 2.75) is 38.0 Å². The Hall–Kier alpha value is -1.44. The van der Waals surface area contributed by atoms with Gasteiger partial charge in [-0.2, -0.15) is 0 Å². The smallest absolute Gasteiger partial charge is 0.253 e. The predicted octanol–water partition coefficient (Wildman–Crippen LogP) is 0.908. The third kappa shape index (κ3) is 2.68. The number of rotatable bonds is 4. The Morgan fingerprint density at radius 1 is 1.57 bits per heavy atom. The fourth-order valence-corrected chi connectivity index (χ4v) is 2.73. The maximum atomic E-state index is 15.2. The van der Waals surface area contributed by atoms with E-state index in [4.69, 9.17) is 14.2 Å². The summed E-state index contributed by atoms with van der Waals surface area (Å²) in [5.41, 5.74) is -1.34. The van der Waals surface area contributed by atoms with Crippen molar-refractivity contribution in [2.75, 3.05) is 20.8 Å². The molecule has 0 aromatic heterocycles. The minimum absolute atomic E-state index is 0.212. The molecule has 2 aliphatic rings. The monoisotopic (exact) mass is 300 g/mol. The number of hydrogen-bond donors (Lipinski definition) is 1. The van der Waals surface area contributed by atoms with Crippen LogP contribution < -0.4 is 5.32 Å². The lowest BCUT2D eigenvalue weighted by Crippen LogP contribution is -2.52. The number of carbonyl (C=O) groups excluding carboxylic acids is 1. The van der Waals surface area contributed by atoms with Crippen LogP contribution >= 0.6 is 0 Å². The van der Waals surface area contributed by atoms with Crippen molar-refractivity contribution in [1.29, 1.82) is 0 Å². The van der Waals surface area contributed by atoms with Gasteiger partial charge >= 0.3 is 0 Å². The van der Waals surface area contributed by atoms with E-state index in [1.807, 2.05) is 0 Å². The lowest BCUT2D eigenvalue weighted by molar-refractivity contribution is -0.120. The van der Waals surface area contributed by atoms with Gasteiger partial charge in [0, 0.05) is 26.0 Å². The molecule has 0 bridgehead atoms. The molecule has 2 aliphatic heterocycles. The third-order valence-corrected chi connectivity index (χ3v) is 3.78. The first-order chi connectivity index (χ1) is 9.82. The quantitative estimate of drug-likeness (QED) is 0.836. The molecule has 0 radical (unpaired) electrons. The highest BCUT2D eigenvalue weighted by molar-refractivity contribution is 5.94. The van der Waals surface area contributed by atoms with Crippen LogP contribution in [-0.4, -0.2) is 55.7 Å². The fraction of sp³-hybridized carbons (Fsp3) is 0.643. The van der Waals surface area contributed by atoms with Crippen LogP contribution in [-0.2, 0) is 19.0 Å². The summed E-state index contributed by atoms with van der Waals surface area (Å²) in [4.78, 5) is 13.1. The van der Waals surface area contributed by atoms with Crippen LogP contribution in [0.1, 0.15) is 13.8 Å². The molecule has 1 saturated heterocycles. The minimum atomic E-state index is -1.79. The first-order valence-corrected chi connectivity index (χ1v) is 6.66. The number of nitrogens with one attached hydrogen (secondary N) is 1. The molecule has 118 valence electrons. The summed E-state index contributed by atoms with van der Waals surface area (Å²) in [6.07, 6.45) is -0.739. The Morgan fingerprint density at radius 2 is 2.24 bits per heavy atom. The number of carbonyl (C=O) groups is 1. The molecule has 0 spiro atoms. The molecule has 2 rings (SSSR count). The van der Waals surface area contributed by atoms with E-state index in [0.717, 1.165) is 0 Å². The molecule has 0 saturated carbocycles. The van der Waals surface area contributed by atoms with E-state index in [1.54, 1.807) is 6.92 Å². The summed E-state index contributed by atoms with van der Waals surface area (Å²) >= 11 is 0. The Kier molecular flexibility index (Phi) is 4.36. The van der Waals surface area contributed by atoms with Crippen LogP contribution in [0.25, 0.3) is 0 Å². The van der Waals surface area contributed by atoms with Crippen LogP contribution in [0, 0.1) is 0 Å². The molecule has 1 unspecified atom stereocenters. The molecule has 2 heterocycles. The van der Waals surface area contributed by atoms with Crippen LogP contribution in [0.4, 0.5) is 4.39 Å². The van der Waals surface area contributed by atoms with Crippen molar-refractivity contribution in [3.05, 3.63) is 24.2 Å². The van der Waals surface area contributed by atoms with E-state index in [0.29, 0.717) is 5.57 Å². The molecule has 0 aliphatic carbocycles. The highest BCUT2D eigenvalue weighted by Crippen LogP contribution is 2.39. The molecule has 6 nitrogen and oxygen atoms in total. The normalized spacial score (nSPS) is 36.7. The predicted molar refractivity (Wildman–Crippen MR) is 73.7 cm³/mol. The van der Waals surface area contributed by atoms with E-state index in [9.17, 15) is 4.79 Å². The topological polar surface area (TPSA) is 60.0 Å². The van der Waals surface area contributed by atoms with Gasteiger partial charge in [0.15, 0.2) is 11.9 Å². The van der Waals surface area contributed by atoms with Gasteiger partial charge < -0.3 is 24.4 Å². The number of ether oxygens (including phenoxy) is 3. The fourth-order valence-electron chi connectivity index (χ4n) is 2.73. The molecule has 0 aromatic rings. The lowest BCUT2D eigenvalue weighted by Gasteiger charge is -2.37. The summed E-state index contributed by atoms with van der Waals surface area (Å²) in [5, 5.41) is 2.58. The second-order valence-electron chi connectivity index (χ2n) is 5.41. The maximum Gasteiger partial charge on any atom is 0.253 e. The van der Waals surface area contributed by atoms with Crippen LogP contribution in [0.15, 0.2) is 24.2 Å². The first kappa shape index (κ1) is 15.9. The van der Waals surface area contributed by atoms with Gasteiger partial charge in [0.25, 0.3) is 5.91 Å². The molecule has 1 amide bonds. The first-order valence-electron chi connectivity index (χ1n) is 6.66. The van der Waals surface area contributed by atoms with Gasteiger partial charge in [-0.3, -0.25) is 4.79 Å². The summed E-state index contributed by atoms with van der Waals surface area (Å²) in [5.74, 6) is 0.0129. The Balaban J connectivity index is 2.31. The van der Waals surface area contributed by atoms with E-state index in [-0.39, 0.29) is 18.3 Å².